The lowest BCUT2D eigenvalue weighted by molar-refractivity contribution is 0.0977. The van der Waals surface area contributed by atoms with Crippen molar-refractivity contribution in [3.63, 3.8) is 0 Å². The summed E-state index contributed by atoms with van der Waals surface area (Å²) in [6.07, 6.45) is 4.11. The van der Waals surface area contributed by atoms with Crippen LogP contribution in [0.3, 0.4) is 0 Å². The average Bonchev–Trinajstić information content (AvgIpc) is 2.73. The molecule has 0 radical (unpaired) electrons. The van der Waals surface area contributed by atoms with Crippen molar-refractivity contribution in [2.45, 2.75) is 46.0 Å². The summed E-state index contributed by atoms with van der Waals surface area (Å²) >= 11 is 0. The first kappa shape index (κ1) is 20.6. The smallest absolute Gasteiger partial charge is 0.163 e. The molecule has 0 saturated carbocycles. The van der Waals surface area contributed by atoms with Crippen LogP contribution >= 0.6 is 0 Å². The Balaban J connectivity index is 1.93. The van der Waals surface area contributed by atoms with E-state index in [0.717, 1.165) is 35.2 Å². The maximum atomic E-state index is 13.1. The number of aryl methyl sites for hydroxylation is 2. The zero-order chi connectivity index (χ0) is 20.6. The number of nitrogens with zero attached hydrogens (tertiary/aromatic N) is 1. The van der Waals surface area contributed by atoms with Crippen LogP contribution in [0.15, 0.2) is 66.9 Å². The third-order valence-electron chi connectivity index (χ3n) is 5.09. The van der Waals surface area contributed by atoms with E-state index in [1.54, 1.807) is 12.3 Å². The number of pyridine rings is 1. The molecular weight excluding hydrogens is 354 g/mol. The lowest BCUT2D eigenvalue weighted by atomic mass is 9.83. The zero-order valence-electron chi connectivity index (χ0n) is 17.4. The molecule has 0 N–H and O–H groups in total. The van der Waals surface area contributed by atoms with Crippen LogP contribution in [0.5, 0.6) is 0 Å². The van der Waals surface area contributed by atoms with E-state index in [1.165, 1.54) is 11.1 Å². The van der Waals surface area contributed by atoms with E-state index < -0.39 is 0 Å². The fourth-order valence-electron chi connectivity index (χ4n) is 3.50. The lowest BCUT2D eigenvalue weighted by Gasteiger charge is -2.20. The second kappa shape index (κ2) is 9.85. The lowest BCUT2D eigenvalue weighted by Crippen LogP contribution is -2.11. The number of rotatable bonds is 6. The van der Waals surface area contributed by atoms with E-state index in [-0.39, 0.29) is 11.7 Å². The maximum absolute atomic E-state index is 13.1. The summed E-state index contributed by atoms with van der Waals surface area (Å²) < 4.78 is 0. The molecule has 0 aliphatic carbocycles. The summed E-state index contributed by atoms with van der Waals surface area (Å²) in [5.41, 5.74) is 6.12. The number of hydrogen-bond acceptors (Lipinski definition) is 2. The SMILES string of the molecule is CCCC#Cc1ccc(C(CC(=O)c2ccnc(C)c2)c2ccccc2C)cc1. The van der Waals surface area contributed by atoms with Gasteiger partial charge in [0.25, 0.3) is 0 Å². The third kappa shape index (κ3) is 5.42. The summed E-state index contributed by atoms with van der Waals surface area (Å²) in [5.74, 6) is 6.55. The van der Waals surface area contributed by atoms with Crippen LogP contribution in [0.1, 0.15) is 70.4 Å². The molecule has 0 aliphatic heterocycles. The quantitative estimate of drug-likeness (QED) is 0.373. The van der Waals surface area contributed by atoms with Crippen molar-refractivity contribution < 1.29 is 4.79 Å². The van der Waals surface area contributed by atoms with E-state index in [2.05, 4.69) is 67.1 Å². The Bertz CT molecular complexity index is 1040. The van der Waals surface area contributed by atoms with Gasteiger partial charge in [0.15, 0.2) is 5.78 Å². The minimum atomic E-state index is 0.00909. The van der Waals surface area contributed by atoms with Crippen LogP contribution in [-0.2, 0) is 0 Å². The van der Waals surface area contributed by atoms with Gasteiger partial charge in [-0.25, -0.2) is 0 Å². The number of aromatic nitrogens is 1. The topological polar surface area (TPSA) is 30.0 Å². The Labute approximate surface area is 174 Å². The van der Waals surface area contributed by atoms with Gasteiger partial charge in [0.05, 0.1) is 0 Å². The molecule has 29 heavy (non-hydrogen) atoms. The molecule has 1 aromatic heterocycles. The van der Waals surface area contributed by atoms with Crippen molar-refractivity contribution in [1.82, 2.24) is 4.98 Å². The highest BCUT2D eigenvalue weighted by Crippen LogP contribution is 2.31. The number of hydrogen-bond donors (Lipinski definition) is 0. The van der Waals surface area contributed by atoms with Crippen LogP contribution in [0, 0.1) is 25.7 Å². The number of benzene rings is 2. The summed E-state index contributed by atoms with van der Waals surface area (Å²) in [6.45, 7) is 6.15. The molecule has 1 heterocycles. The zero-order valence-corrected chi connectivity index (χ0v) is 17.4. The van der Waals surface area contributed by atoms with Crippen molar-refractivity contribution in [2.24, 2.45) is 0 Å². The van der Waals surface area contributed by atoms with Crippen LogP contribution in [0.4, 0.5) is 0 Å². The first-order valence-electron chi connectivity index (χ1n) is 10.2. The number of ketones is 1. The van der Waals surface area contributed by atoms with Gasteiger partial charge in [-0.2, -0.15) is 0 Å². The van der Waals surface area contributed by atoms with Gasteiger partial charge in [0, 0.05) is 41.8 Å². The summed E-state index contributed by atoms with van der Waals surface area (Å²) in [4.78, 5) is 17.3. The van der Waals surface area contributed by atoms with E-state index in [0.29, 0.717) is 6.42 Å². The van der Waals surface area contributed by atoms with Gasteiger partial charge < -0.3 is 0 Å². The van der Waals surface area contributed by atoms with Crippen molar-refractivity contribution in [2.75, 3.05) is 0 Å². The summed E-state index contributed by atoms with van der Waals surface area (Å²) in [5, 5.41) is 0. The molecule has 2 nitrogen and oxygen atoms in total. The first-order valence-corrected chi connectivity index (χ1v) is 10.2. The summed E-state index contributed by atoms with van der Waals surface area (Å²) in [6, 6.07) is 20.3. The van der Waals surface area contributed by atoms with Gasteiger partial charge >= 0.3 is 0 Å². The van der Waals surface area contributed by atoms with Crippen molar-refractivity contribution in [1.29, 1.82) is 0 Å². The maximum Gasteiger partial charge on any atom is 0.163 e. The normalized spacial score (nSPS) is 11.4. The number of Topliss-reactive ketones (excluding diaryl/α,β-unsaturated/α-hetero) is 1. The Morgan fingerprint density at radius 3 is 2.48 bits per heavy atom. The number of carbonyl (C=O) groups is 1. The standard InChI is InChI=1S/C27H27NO/c1-4-5-6-10-22-12-14-23(15-13-22)26(25-11-8-7-9-20(25)2)19-27(29)24-16-17-28-21(3)18-24/h7-9,11-18,26H,4-5,19H2,1-3H3. The first-order chi connectivity index (χ1) is 14.1. The van der Waals surface area contributed by atoms with Crippen LogP contribution in [0.2, 0.25) is 0 Å². The molecule has 3 rings (SSSR count). The second-order valence-corrected chi connectivity index (χ2v) is 7.40. The molecule has 2 aromatic carbocycles. The molecule has 0 aliphatic rings. The Morgan fingerprint density at radius 2 is 1.79 bits per heavy atom. The highest BCUT2D eigenvalue weighted by Gasteiger charge is 2.21. The van der Waals surface area contributed by atoms with Crippen LogP contribution < -0.4 is 0 Å². The van der Waals surface area contributed by atoms with E-state index >= 15 is 0 Å². The molecule has 1 atom stereocenters. The molecule has 0 amide bonds. The molecule has 146 valence electrons. The molecule has 0 bridgehead atoms. The fourth-order valence-corrected chi connectivity index (χ4v) is 3.50. The largest absolute Gasteiger partial charge is 0.294 e. The molecule has 0 spiro atoms. The number of carbonyl (C=O) groups excluding carboxylic acids is 1. The van der Waals surface area contributed by atoms with Crippen molar-refractivity contribution >= 4 is 5.78 Å². The van der Waals surface area contributed by atoms with Crippen molar-refractivity contribution in [3.8, 4) is 11.8 Å². The molecule has 3 aromatic rings. The average molecular weight is 382 g/mol. The number of unbranched alkanes of at least 4 members (excludes halogenated alkanes) is 1. The Hall–Kier alpha value is -3.18. The van der Waals surface area contributed by atoms with Gasteiger partial charge in [0.1, 0.15) is 0 Å². The van der Waals surface area contributed by atoms with E-state index in [4.69, 9.17) is 0 Å². The van der Waals surface area contributed by atoms with Gasteiger partial charge in [-0.1, -0.05) is 55.2 Å². The highest BCUT2D eigenvalue weighted by atomic mass is 16.1. The van der Waals surface area contributed by atoms with E-state index in [1.807, 2.05) is 25.1 Å². The molecule has 1 unspecified atom stereocenters. The fraction of sp³-hybridized carbons (Fsp3) is 0.259. The Kier molecular flexibility index (Phi) is 6.98. The predicted octanol–water partition coefficient (Wildman–Crippen LogP) is 6.25. The minimum Gasteiger partial charge on any atom is -0.294 e. The van der Waals surface area contributed by atoms with Crippen molar-refractivity contribution in [3.05, 3.63) is 100 Å². The molecule has 0 fully saturated rings. The third-order valence-corrected chi connectivity index (χ3v) is 5.09. The Morgan fingerprint density at radius 1 is 1.03 bits per heavy atom. The van der Waals surface area contributed by atoms with Gasteiger partial charge in [-0.3, -0.25) is 9.78 Å². The minimum absolute atomic E-state index is 0.00909. The highest BCUT2D eigenvalue weighted by molar-refractivity contribution is 5.96. The van der Waals surface area contributed by atoms with Crippen LogP contribution in [-0.4, -0.2) is 10.8 Å². The van der Waals surface area contributed by atoms with Gasteiger partial charge in [0.2, 0.25) is 0 Å². The second-order valence-electron chi connectivity index (χ2n) is 7.40. The van der Waals surface area contributed by atoms with Gasteiger partial charge in [-0.05, 0) is 61.2 Å². The summed E-state index contributed by atoms with van der Waals surface area (Å²) in [7, 11) is 0. The molecule has 2 heteroatoms. The molecular formula is C27H27NO. The monoisotopic (exact) mass is 381 g/mol. The van der Waals surface area contributed by atoms with Crippen LogP contribution in [0.25, 0.3) is 0 Å². The predicted molar refractivity (Wildman–Crippen MR) is 119 cm³/mol. The van der Waals surface area contributed by atoms with Gasteiger partial charge in [-0.15, -0.1) is 0 Å². The van der Waals surface area contributed by atoms with E-state index in [9.17, 15) is 4.79 Å². The molecule has 0 saturated heterocycles.